The van der Waals surface area contributed by atoms with Gasteiger partial charge in [0, 0.05) is 24.1 Å². The van der Waals surface area contributed by atoms with E-state index in [0.29, 0.717) is 5.56 Å². The van der Waals surface area contributed by atoms with E-state index in [1.165, 1.54) is 23.4 Å². The molecule has 3 atom stereocenters. The first-order chi connectivity index (χ1) is 16.6. The molecule has 0 fully saturated rings. The van der Waals surface area contributed by atoms with Crippen molar-refractivity contribution in [1.29, 1.82) is 0 Å². The minimum Gasteiger partial charge on any atom is -0.489 e. The molecule has 0 radical (unpaired) electrons. The molecule has 4 aromatic rings. The number of rotatable bonds is 6. The van der Waals surface area contributed by atoms with Gasteiger partial charge >= 0.3 is 5.97 Å². The summed E-state index contributed by atoms with van der Waals surface area (Å²) in [6.07, 6.45) is 0.843. The molecule has 0 saturated carbocycles. The molecule has 0 spiro atoms. The number of para-hydroxylation sites is 1. The summed E-state index contributed by atoms with van der Waals surface area (Å²) >= 11 is 0. The number of nitrogens with one attached hydrogen (secondary N) is 1. The van der Waals surface area contributed by atoms with Crippen molar-refractivity contribution in [2.24, 2.45) is 0 Å². The Balaban J connectivity index is 1.37. The van der Waals surface area contributed by atoms with E-state index in [2.05, 4.69) is 66.8 Å². The largest absolute Gasteiger partial charge is 0.489 e. The van der Waals surface area contributed by atoms with Crippen LogP contribution in [-0.4, -0.2) is 25.7 Å². The van der Waals surface area contributed by atoms with Crippen LogP contribution in [0.15, 0.2) is 91.0 Å². The molecule has 1 aliphatic heterocycles. The summed E-state index contributed by atoms with van der Waals surface area (Å²) in [5.74, 6) is 0.741. The van der Waals surface area contributed by atoms with E-state index in [1.54, 1.807) is 6.07 Å². The van der Waals surface area contributed by atoms with Crippen LogP contribution in [0.2, 0.25) is 0 Å². The van der Waals surface area contributed by atoms with Crippen molar-refractivity contribution < 1.29 is 14.3 Å². The van der Waals surface area contributed by atoms with E-state index in [0.717, 1.165) is 29.8 Å². The Morgan fingerprint density at radius 3 is 2.65 bits per heavy atom. The molecular weight excluding hydrogens is 422 g/mol. The number of fused-ring (bicyclic) bond motifs is 2. The van der Waals surface area contributed by atoms with Crippen molar-refractivity contribution in [3.8, 4) is 5.75 Å². The fourth-order valence-corrected chi connectivity index (χ4v) is 4.98. The van der Waals surface area contributed by atoms with Crippen LogP contribution in [0.1, 0.15) is 52.4 Å². The van der Waals surface area contributed by atoms with Crippen molar-refractivity contribution in [3.63, 3.8) is 0 Å². The van der Waals surface area contributed by atoms with Crippen LogP contribution < -0.4 is 10.1 Å². The molecular formula is C30H29NO3. The van der Waals surface area contributed by atoms with Gasteiger partial charge in [-0.1, -0.05) is 72.8 Å². The molecule has 4 heteroatoms. The molecule has 0 unspecified atom stereocenters. The second kappa shape index (κ2) is 9.70. The number of hydrogen-bond acceptors (Lipinski definition) is 4. The molecule has 1 heterocycles. The third-order valence-corrected chi connectivity index (χ3v) is 6.74. The number of ether oxygens (including phenoxy) is 2. The molecule has 172 valence electrons. The van der Waals surface area contributed by atoms with E-state index < -0.39 is 0 Å². The van der Waals surface area contributed by atoms with Crippen molar-refractivity contribution in [1.82, 2.24) is 5.32 Å². The van der Waals surface area contributed by atoms with Crippen molar-refractivity contribution in [2.45, 2.75) is 31.4 Å². The zero-order valence-electron chi connectivity index (χ0n) is 19.5. The first-order valence-electron chi connectivity index (χ1n) is 11.8. The van der Waals surface area contributed by atoms with Crippen LogP contribution in [0.5, 0.6) is 5.75 Å². The molecule has 4 aromatic carbocycles. The van der Waals surface area contributed by atoms with Crippen LogP contribution in [0.25, 0.3) is 10.8 Å². The summed E-state index contributed by atoms with van der Waals surface area (Å²) in [7, 11) is 1.41. The maximum absolute atomic E-state index is 12.1. The molecule has 5 rings (SSSR count). The molecule has 0 bridgehead atoms. The standard InChI is InChI=1S/C30H29NO3/c1-20(25-15-8-10-21-9-3-4-13-26(21)25)31-19-24-18-28(27-14-5-6-16-29(27)34-24)22-11-7-12-23(17-22)30(32)33-2/h3-17,20,24,28,31H,18-19H2,1-2H3/t20-,24-,28-/m1/s1. The Morgan fingerprint density at radius 2 is 1.76 bits per heavy atom. The maximum Gasteiger partial charge on any atom is 0.337 e. The van der Waals surface area contributed by atoms with Gasteiger partial charge in [0.1, 0.15) is 11.9 Å². The Hall–Kier alpha value is -3.63. The summed E-state index contributed by atoms with van der Waals surface area (Å²) in [6, 6.07) is 31.1. The van der Waals surface area contributed by atoms with Crippen LogP contribution in [0.4, 0.5) is 0 Å². The Morgan fingerprint density at radius 1 is 1.00 bits per heavy atom. The average molecular weight is 452 g/mol. The number of carbonyl (C=O) groups is 1. The third kappa shape index (κ3) is 4.42. The molecule has 4 nitrogen and oxygen atoms in total. The van der Waals surface area contributed by atoms with E-state index in [4.69, 9.17) is 9.47 Å². The van der Waals surface area contributed by atoms with Crippen LogP contribution >= 0.6 is 0 Å². The fraction of sp³-hybridized carbons (Fsp3) is 0.233. The highest BCUT2D eigenvalue weighted by atomic mass is 16.5. The van der Waals surface area contributed by atoms with Crippen molar-refractivity contribution in [2.75, 3.05) is 13.7 Å². The summed E-state index contributed by atoms with van der Waals surface area (Å²) < 4.78 is 11.3. The SMILES string of the molecule is COC(=O)c1cccc([C@H]2C[C@H](CN[C@H](C)c3cccc4ccccc34)Oc3ccccc32)c1. The second-order valence-corrected chi connectivity index (χ2v) is 8.88. The highest BCUT2D eigenvalue weighted by Gasteiger charge is 2.30. The van der Waals surface area contributed by atoms with Crippen molar-refractivity contribution in [3.05, 3.63) is 113 Å². The maximum atomic E-state index is 12.1. The zero-order valence-corrected chi connectivity index (χ0v) is 19.5. The molecule has 0 aromatic heterocycles. The number of esters is 1. The van der Waals surface area contributed by atoms with Gasteiger partial charge in [0.15, 0.2) is 0 Å². The smallest absolute Gasteiger partial charge is 0.337 e. The first-order valence-corrected chi connectivity index (χ1v) is 11.8. The lowest BCUT2D eigenvalue weighted by atomic mass is 9.83. The van der Waals surface area contributed by atoms with Gasteiger partial charge in [-0.3, -0.25) is 0 Å². The van der Waals surface area contributed by atoms with E-state index in [1.807, 2.05) is 30.3 Å². The Labute approximate surface area is 200 Å². The molecule has 1 N–H and O–H groups in total. The van der Waals surface area contributed by atoms with Crippen molar-refractivity contribution >= 4 is 16.7 Å². The minimum absolute atomic E-state index is 0.0131. The predicted octanol–water partition coefficient (Wildman–Crippen LogP) is 6.26. The number of hydrogen-bond donors (Lipinski definition) is 1. The van der Waals surface area contributed by atoms with Gasteiger partial charge in [-0.2, -0.15) is 0 Å². The van der Waals surface area contributed by atoms with Gasteiger partial charge in [-0.15, -0.1) is 0 Å². The topological polar surface area (TPSA) is 47.6 Å². The summed E-state index contributed by atoms with van der Waals surface area (Å²) in [5, 5.41) is 6.23. The lowest BCUT2D eigenvalue weighted by Crippen LogP contribution is -2.37. The summed E-state index contributed by atoms with van der Waals surface area (Å²) in [6.45, 7) is 2.93. The molecule has 34 heavy (non-hydrogen) atoms. The Bertz CT molecular complexity index is 1310. The van der Waals surface area contributed by atoms with Gasteiger partial charge in [0.2, 0.25) is 0 Å². The predicted molar refractivity (Wildman–Crippen MR) is 135 cm³/mol. The molecule has 0 saturated heterocycles. The number of methoxy groups -OCH3 is 1. The fourth-order valence-electron chi connectivity index (χ4n) is 4.98. The van der Waals surface area contributed by atoms with Crippen LogP contribution in [0, 0.1) is 0 Å². The highest BCUT2D eigenvalue weighted by molar-refractivity contribution is 5.89. The van der Waals surface area contributed by atoms with Crippen LogP contribution in [0.3, 0.4) is 0 Å². The summed E-state index contributed by atoms with van der Waals surface area (Å²) in [5.41, 5.74) is 4.12. The lowest BCUT2D eigenvalue weighted by Gasteiger charge is -2.33. The van der Waals surface area contributed by atoms with Gasteiger partial charge < -0.3 is 14.8 Å². The van der Waals surface area contributed by atoms with Gasteiger partial charge in [0.25, 0.3) is 0 Å². The average Bonchev–Trinajstić information content (AvgIpc) is 2.90. The zero-order chi connectivity index (χ0) is 23.5. The third-order valence-electron chi connectivity index (χ3n) is 6.74. The first kappa shape index (κ1) is 22.2. The molecule has 1 aliphatic rings. The monoisotopic (exact) mass is 451 g/mol. The number of benzene rings is 4. The lowest BCUT2D eigenvalue weighted by molar-refractivity contribution is 0.0600. The number of carbonyl (C=O) groups excluding carboxylic acids is 1. The molecule has 0 aliphatic carbocycles. The highest BCUT2D eigenvalue weighted by Crippen LogP contribution is 2.40. The van der Waals surface area contributed by atoms with E-state index in [-0.39, 0.29) is 24.0 Å². The van der Waals surface area contributed by atoms with Gasteiger partial charge in [0.05, 0.1) is 12.7 Å². The Kier molecular flexibility index (Phi) is 6.33. The minimum atomic E-state index is -0.315. The van der Waals surface area contributed by atoms with E-state index >= 15 is 0 Å². The van der Waals surface area contributed by atoms with Crippen LogP contribution in [-0.2, 0) is 4.74 Å². The normalized spacial score (nSPS) is 18.1. The van der Waals surface area contributed by atoms with E-state index in [9.17, 15) is 4.79 Å². The van der Waals surface area contributed by atoms with Gasteiger partial charge in [-0.05, 0) is 53.4 Å². The molecule has 0 amide bonds. The summed E-state index contributed by atoms with van der Waals surface area (Å²) in [4.78, 5) is 12.1. The quantitative estimate of drug-likeness (QED) is 0.352. The van der Waals surface area contributed by atoms with Gasteiger partial charge in [-0.25, -0.2) is 4.79 Å². The second-order valence-electron chi connectivity index (χ2n) is 8.88.